The second-order valence-corrected chi connectivity index (χ2v) is 6.88. The SMILES string of the molecule is Cn1c(=O)c2nc(OCCCN3CCOCC3)nnc2n(-c2ccc(F)cc2)c1=O. The summed E-state index contributed by atoms with van der Waals surface area (Å²) >= 11 is 0. The minimum atomic E-state index is -0.630. The molecule has 0 N–H and O–H groups in total. The Labute approximate surface area is 170 Å². The summed E-state index contributed by atoms with van der Waals surface area (Å²) in [5, 5.41) is 7.91. The molecule has 4 rings (SSSR count). The van der Waals surface area contributed by atoms with E-state index in [2.05, 4.69) is 20.1 Å². The van der Waals surface area contributed by atoms with Crippen LogP contribution in [0.25, 0.3) is 16.9 Å². The first-order valence-corrected chi connectivity index (χ1v) is 9.60. The van der Waals surface area contributed by atoms with Crippen molar-refractivity contribution in [3.63, 3.8) is 0 Å². The fraction of sp³-hybridized carbons (Fsp3) is 0.421. The fourth-order valence-corrected chi connectivity index (χ4v) is 3.25. The highest BCUT2D eigenvalue weighted by Crippen LogP contribution is 2.13. The Kier molecular flexibility index (Phi) is 5.81. The number of hydrogen-bond donors (Lipinski definition) is 0. The van der Waals surface area contributed by atoms with Crippen LogP contribution in [0.1, 0.15) is 6.42 Å². The summed E-state index contributed by atoms with van der Waals surface area (Å²) in [6.07, 6.45) is 0.758. The lowest BCUT2D eigenvalue weighted by molar-refractivity contribution is 0.0356. The van der Waals surface area contributed by atoms with Gasteiger partial charge < -0.3 is 9.47 Å². The maximum atomic E-state index is 13.3. The largest absolute Gasteiger partial charge is 0.462 e. The van der Waals surface area contributed by atoms with Gasteiger partial charge in [0, 0.05) is 26.7 Å². The highest BCUT2D eigenvalue weighted by Gasteiger charge is 2.17. The molecule has 1 saturated heterocycles. The van der Waals surface area contributed by atoms with E-state index in [1.54, 1.807) is 0 Å². The highest BCUT2D eigenvalue weighted by atomic mass is 19.1. The number of rotatable bonds is 6. The van der Waals surface area contributed by atoms with Crippen LogP contribution in [0.4, 0.5) is 4.39 Å². The molecule has 3 heterocycles. The van der Waals surface area contributed by atoms with Gasteiger partial charge in [0.2, 0.25) is 0 Å². The van der Waals surface area contributed by atoms with Crippen LogP contribution in [0.3, 0.4) is 0 Å². The van der Waals surface area contributed by atoms with Crippen LogP contribution in [0, 0.1) is 5.82 Å². The molecular formula is C19H21FN6O4. The van der Waals surface area contributed by atoms with Crippen LogP contribution in [0.15, 0.2) is 33.9 Å². The van der Waals surface area contributed by atoms with E-state index in [4.69, 9.17) is 9.47 Å². The minimum Gasteiger partial charge on any atom is -0.462 e. The van der Waals surface area contributed by atoms with E-state index in [0.29, 0.717) is 12.3 Å². The van der Waals surface area contributed by atoms with Gasteiger partial charge in [-0.1, -0.05) is 5.10 Å². The maximum Gasteiger partial charge on any atom is 0.337 e. The van der Waals surface area contributed by atoms with Crippen LogP contribution in [-0.2, 0) is 11.8 Å². The first kappa shape index (κ1) is 20.1. The lowest BCUT2D eigenvalue weighted by Crippen LogP contribution is -2.38. The fourth-order valence-electron chi connectivity index (χ4n) is 3.25. The summed E-state index contributed by atoms with van der Waals surface area (Å²) in [6, 6.07) is 5.22. The summed E-state index contributed by atoms with van der Waals surface area (Å²) in [5.74, 6) is -0.446. The van der Waals surface area contributed by atoms with Gasteiger partial charge in [0.15, 0.2) is 11.2 Å². The summed E-state index contributed by atoms with van der Waals surface area (Å²) in [4.78, 5) is 31.6. The van der Waals surface area contributed by atoms with E-state index in [-0.39, 0.29) is 17.2 Å². The Hall–Kier alpha value is -3.18. The van der Waals surface area contributed by atoms with Crippen LogP contribution < -0.4 is 16.0 Å². The molecule has 10 nitrogen and oxygen atoms in total. The van der Waals surface area contributed by atoms with E-state index in [9.17, 15) is 14.0 Å². The molecule has 3 aromatic rings. The number of halogens is 1. The third-order valence-electron chi connectivity index (χ3n) is 4.89. The molecule has 158 valence electrons. The average Bonchev–Trinajstić information content (AvgIpc) is 2.77. The van der Waals surface area contributed by atoms with Crippen LogP contribution in [0.2, 0.25) is 0 Å². The van der Waals surface area contributed by atoms with E-state index < -0.39 is 17.1 Å². The second kappa shape index (κ2) is 8.67. The smallest absolute Gasteiger partial charge is 0.337 e. The first-order chi connectivity index (χ1) is 14.5. The monoisotopic (exact) mass is 416 g/mol. The molecular weight excluding hydrogens is 395 g/mol. The predicted octanol–water partition coefficient (Wildman–Crippen LogP) is 0.115. The van der Waals surface area contributed by atoms with E-state index in [1.807, 2.05) is 0 Å². The van der Waals surface area contributed by atoms with E-state index in [0.717, 1.165) is 43.8 Å². The molecule has 0 saturated carbocycles. The molecule has 1 aromatic carbocycles. The van der Waals surface area contributed by atoms with Gasteiger partial charge in [-0.15, -0.1) is 5.10 Å². The third kappa shape index (κ3) is 4.07. The normalized spacial score (nSPS) is 14.9. The van der Waals surface area contributed by atoms with Crippen molar-refractivity contribution >= 4 is 11.2 Å². The zero-order valence-corrected chi connectivity index (χ0v) is 16.5. The van der Waals surface area contributed by atoms with Crippen LogP contribution in [0.5, 0.6) is 6.01 Å². The highest BCUT2D eigenvalue weighted by molar-refractivity contribution is 5.70. The Morgan fingerprint density at radius 2 is 1.87 bits per heavy atom. The molecule has 11 heteroatoms. The number of aromatic nitrogens is 5. The van der Waals surface area contributed by atoms with Gasteiger partial charge in [-0.25, -0.2) is 13.8 Å². The molecule has 0 atom stereocenters. The van der Waals surface area contributed by atoms with Crippen molar-refractivity contribution in [2.45, 2.75) is 6.42 Å². The van der Waals surface area contributed by atoms with Gasteiger partial charge >= 0.3 is 11.7 Å². The zero-order chi connectivity index (χ0) is 21.1. The number of morpholine rings is 1. The molecule has 0 spiro atoms. The Morgan fingerprint density at radius 3 is 2.60 bits per heavy atom. The number of fused-ring (bicyclic) bond motifs is 1. The number of hydrogen-bond acceptors (Lipinski definition) is 8. The second-order valence-electron chi connectivity index (χ2n) is 6.88. The Morgan fingerprint density at radius 1 is 1.13 bits per heavy atom. The molecule has 0 unspecified atom stereocenters. The minimum absolute atomic E-state index is 0.0182. The van der Waals surface area contributed by atoms with Crippen LogP contribution in [-0.4, -0.2) is 68.7 Å². The molecule has 1 aliphatic rings. The summed E-state index contributed by atoms with van der Waals surface area (Å²) in [5.41, 5.74) is -0.969. The summed E-state index contributed by atoms with van der Waals surface area (Å²) in [6.45, 7) is 4.48. The van der Waals surface area contributed by atoms with Gasteiger partial charge in [0.05, 0.1) is 25.5 Å². The number of benzene rings is 1. The van der Waals surface area contributed by atoms with Crippen molar-refractivity contribution in [1.29, 1.82) is 0 Å². The Bertz CT molecular complexity index is 1150. The van der Waals surface area contributed by atoms with Crippen molar-refractivity contribution < 1.29 is 13.9 Å². The van der Waals surface area contributed by atoms with Crippen molar-refractivity contribution in [2.24, 2.45) is 7.05 Å². The van der Waals surface area contributed by atoms with Gasteiger partial charge in [-0.3, -0.25) is 14.3 Å². The standard InChI is InChI=1S/C19H21FN6O4/c1-24-17(27)15-16(26(19(24)28)14-5-3-13(20)4-6-14)22-23-18(21-15)30-10-2-7-25-8-11-29-12-9-25/h3-6H,2,7-12H2,1H3. The maximum absolute atomic E-state index is 13.3. The van der Waals surface area contributed by atoms with Crippen molar-refractivity contribution in [3.05, 3.63) is 50.9 Å². The molecule has 0 amide bonds. The van der Waals surface area contributed by atoms with E-state index >= 15 is 0 Å². The van der Waals surface area contributed by atoms with Gasteiger partial charge in [-0.2, -0.15) is 4.98 Å². The van der Waals surface area contributed by atoms with Crippen molar-refractivity contribution in [1.82, 2.24) is 29.2 Å². The van der Waals surface area contributed by atoms with Crippen LogP contribution >= 0.6 is 0 Å². The third-order valence-corrected chi connectivity index (χ3v) is 4.89. The molecule has 1 aliphatic heterocycles. The topological polar surface area (TPSA) is 104 Å². The lowest BCUT2D eigenvalue weighted by Gasteiger charge is -2.26. The first-order valence-electron chi connectivity index (χ1n) is 9.60. The molecule has 0 aliphatic carbocycles. The molecule has 30 heavy (non-hydrogen) atoms. The van der Waals surface area contributed by atoms with Gasteiger partial charge in [-0.05, 0) is 30.7 Å². The quantitative estimate of drug-likeness (QED) is 0.522. The Balaban J connectivity index is 1.58. The van der Waals surface area contributed by atoms with E-state index in [1.165, 1.54) is 35.9 Å². The zero-order valence-electron chi connectivity index (χ0n) is 16.5. The number of nitrogens with zero attached hydrogens (tertiary/aromatic N) is 6. The summed E-state index contributed by atoms with van der Waals surface area (Å²) < 4.78 is 26.2. The van der Waals surface area contributed by atoms with Crippen molar-refractivity contribution in [2.75, 3.05) is 39.5 Å². The van der Waals surface area contributed by atoms with Gasteiger partial charge in [0.25, 0.3) is 5.56 Å². The number of ether oxygens (including phenoxy) is 2. The molecule has 2 aromatic heterocycles. The molecule has 0 radical (unpaired) electrons. The summed E-state index contributed by atoms with van der Waals surface area (Å²) in [7, 11) is 1.34. The molecule has 1 fully saturated rings. The van der Waals surface area contributed by atoms with Crippen molar-refractivity contribution in [3.8, 4) is 11.7 Å². The predicted molar refractivity (Wildman–Crippen MR) is 106 cm³/mol. The molecule has 0 bridgehead atoms. The lowest BCUT2D eigenvalue weighted by atomic mass is 10.3. The average molecular weight is 416 g/mol. The van der Waals surface area contributed by atoms with Gasteiger partial charge in [0.1, 0.15) is 5.82 Å².